The van der Waals surface area contributed by atoms with Crippen LogP contribution < -0.4 is 5.73 Å². The molecule has 1 aromatic carbocycles. The lowest BCUT2D eigenvalue weighted by molar-refractivity contribution is 0.112. The van der Waals surface area contributed by atoms with E-state index in [1.54, 1.807) is 7.11 Å². The van der Waals surface area contributed by atoms with Gasteiger partial charge in [0.2, 0.25) is 0 Å². The number of nitrogen functional groups attached to an aromatic ring is 1. The Balaban J connectivity index is 2.09. The molecule has 2 heteroatoms. The van der Waals surface area contributed by atoms with Crippen molar-refractivity contribution in [3.05, 3.63) is 28.3 Å². The monoisotopic (exact) mass is 203 g/mol. The third kappa shape index (κ3) is 1.28. The molecule has 3 rings (SSSR count). The van der Waals surface area contributed by atoms with E-state index in [2.05, 4.69) is 6.07 Å². The van der Waals surface area contributed by atoms with Gasteiger partial charge >= 0.3 is 0 Å². The van der Waals surface area contributed by atoms with Crippen molar-refractivity contribution < 1.29 is 4.74 Å². The molecule has 0 heterocycles. The van der Waals surface area contributed by atoms with Gasteiger partial charge < -0.3 is 10.5 Å². The second-order valence-electron chi connectivity index (χ2n) is 4.69. The lowest BCUT2D eigenvalue weighted by Crippen LogP contribution is -2.09. The fourth-order valence-corrected chi connectivity index (χ4v) is 3.02. The zero-order chi connectivity index (χ0) is 10.4. The van der Waals surface area contributed by atoms with Crippen LogP contribution in [0.2, 0.25) is 0 Å². The van der Waals surface area contributed by atoms with Crippen LogP contribution in [-0.2, 0) is 30.4 Å². The molecule has 1 unspecified atom stereocenters. The van der Waals surface area contributed by atoms with Crippen LogP contribution in [0.4, 0.5) is 5.69 Å². The highest BCUT2D eigenvalue weighted by atomic mass is 16.5. The van der Waals surface area contributed by atoms with Gasteiger partial charge in [0.05, 0.1) is 6.10 Å². The van der Waals surface area contributed by atoms with E-state index in [9.17, 15) is 0 Å². The molecule has 2 aliphatic rings. The first-order valence-electron chi connectivity index (χ1n) is 5.74. The van der Waals surface area contributed by atoms with E-state index in [1.807, 2.05) is 0 Å². The van der Waals surface area contributed by atoms with Gasteiger partial charge in [0, 0.05) is 19.2 Å². The summed E-state index contributed by atoms with van der Waals surface area (Å²) in [6.07, 6.45) is 6.06. The van der Waals surface area contributed by atoms with Crippen LogP contribution in [0, 0.1) is 0 Å². The van der Waals surface area contributed by atoms with E-state index in [4.69, 9.17) is 10.5 Å². The van der Waals surface area contributed by atoms with Crippen molar-refractivity contribution in [3.8, 4) is 0 Å². The second kappa shape index (κ2) is 3.24. The summed E-state index contributed by atoms with van der Waals surface area (Å²) in [7, 11) is 1.79. The average Bonchev–Trinajstić information content (AvgIpc) is 2.83. The van der Waals surface area contributed by atoms with Crippen molar-refractivity contribution >= 4 is 5.69 Å². The summed E-state index contributed by atoms with van der Waals surface area (Å²) in [4.78, 5) is 0. The Kier molecular flexibility index (Phi) is 1.99. The number of fused-ring (bicyclic) bond motifs is 2. The minimum Gasteiger partial charge on any atom is -0.398 e. The van der Waals surface area contributed by atoms with Crippen molar-refractivity contribution in [2.45, 2.75) is 38.2 Å². The molecule has 80 valence electrons. The zero-order valence-corrected chi connectivity index (χ0v) is 9.18. The normalized spacial score (nSPS) is 22.9. The summed E-state index contributed by atoms with van der Waals surface area (Å²) in [5.41, 5.74) is 13.0. The molecule has 15 heavy (non-hydrogen) atoms. The predicted octanol–water partition coefficient (Wildman–Crippen LogP) is 1.87. The molecule has 0 spiro atoms. The van der Waals surface area contributed by atoms with Crippen LogP contribution >= 0.6 is 0 Å². The van der Waals surface area contributed by atoms with E-state index >= 15 is 0 Å². The Bertz CT molecular complexity index is 411. The Hall–Kier alpha value is -1.02. The summed E-state index contributed by atoms with van der Waals surface area (Å²) in [6, 6.07) is 2.37. The first kappa shape index (κ1) is 9.22. The fraction of sp³-hybridized carbons (Fsp3) is 0.538. The van der Waals surface area contributed by atoms with Gasteiger partial charge in [-0.1, -0.05) is 6.07 Å². The quantitative estimate of drug-likeness (QED) is 0.707. The molecule has 2 N–H and O–H groups in total. The number of benzene rings is 1. The maximum atomic E-state index is 6.25. The minimum absolute atomic E-state index is 0.352. The molecule has 0 saturated heterocycles. The smallest absolute Gasteiger partial charge is 0.0652 e. The van der Waals surface area contributed by atoms with Crippen LogP contribution in [0.1, 0.15) is 28.7 Å². The SMILES string of the molecule is COC1Cc2cc3c(c(N)c2C1)CCC3. The predicted molar refractivity (Wildman–Crippen MR) is 61.1 cm³/mol. The standard InChI is InChI=1S/C13H17NO/c1-15-10-6-9-5-8-3-2-4-11(8)13(14)12(9)7-10/h5,10H,2-4,6-7,14H2,1H3. The molecule has 2 aliphatic carbocycles. The molecular weight excluding hydrogens is 186 g/mol. The van der Waals surface area contributed by atoms with Gasteiger partial charge in [-0.2, -0.15) is 0 Å². The van der Waals surface area contributed by atoms with Gasteiger partial charge in [-0.3, -0.25) is 0 Å². The summed E-state index contributed by atoms with van der Waals surface area (Å²) in [6.45, 7) is 0. The second-order valence-corrected chi connectivity index (χ2v) is 4.69. The van der Waals surface area contributed by atoms with Crippen molar-refractivity contribution in [1.82, 2.24) is 0 Å². The zero-order valence-electron chi connectivity index (χ0n) is 9.18. The third-order valence-electron chi connectivity index (χ3n) is 3.86. The van der Waals surface area contributed by atoms with E-state index < -0.39 is 0 Å². The lowest BCUT2D eigenvalue weighted by atomic mass is 9.99. The summed E-state index contributed by atoms with van der Waals surface area (Å²) in [5, 5.41) is 0. The number of rotatable bonds is 1. The maximum Gasteiger partial charge on any atom is 0.0652 e. The molecular formula is C13H17NO. The molecule has 0 saturated carbocycles. The fourth-order valence-electron chi connectivity index (χ4n) is 3.02. The molecule has 1 atom stereocenters. The molecule has 0 fully saturated rings. The first-order valence-corrected chi connectivity index (χ1v) is 5.74. The third-order valence-corrected chi connectivity index (χ3v) is 3.86. The first-order chi connectivity index (χ1) is 7.29. The van der Waals surface area contributed by atoms with Crippen LogP contribution in [0.3, 0.4) is 0 Å². The maximum absolute atomic E-state index is 6.25. The minimum atomic E-state index is 0.352. The lowest BCUT2D eigenvalue weighted by Gasteiger charge is -2.09. The van der Waals surface area contributed by atoms with Crippen molar-refractivity contribution in [2.75, 3.05) is 12.8 Å². The van der Waals surface area contributed by atoms with Gasteiger partial charge in [-0.25, -0.2) is 0 Å². The van der Waals surface area contributed by atoms with E-state index in [1.165, 1.54) is 41.5 Å². The molecule has 2 nitrogen and oxygen atoms in total. The number of ether oxygens (including phenoxy) is 1. The van der Waals surface area contributed by atoms with E-state index in [0.29, 0.717) is 6.10 Å². The topological polar surface area (TPSA) is 35.2 Å². The Morgan fingerprint density at radius 2 is 2.07 bits per heavy atom. The Morgan fingerprint density at radius 3 is 2.87 bits per heavy atom. The van der Waals surface area contributed by atoms with Gasteiger partial charge in [0.25, 0.3) is 0 Å². The van der Waals surface area contributed by atoms with Crippen molar-refractivity contribution in [1.29, 1.82) is 0 Å². The number of aryl methyl sites for hydroxylation is 1. The van der Waals surface area contributed by atoms with Gasteiger partial charge in [-0.15, -0.1) is 0 Å². The number of nitrogens with two attached hydrogens (primary N) is 1. The molecule has 0 radical (unpaired) electrons. The summed E-state index contributed by atoms with van der Waals surface area (Å²) in [5.74, 6) is 0. The largest absolute Gasteiger partial charge is 0.398 e. The van der Waals surface area contributed by atoms with E-state index in [-0.39, 0.29) is 0 Å². The molecule has 1 aromatic rings. The highest BCUT2D eigenvalue weighted by Crippen LogP contribution is 2.37. The summed E-state index contributed by atoms with van der Waals surface area (Å²) >= 11 is 0. The Morgan fingerprint density at radius 1 is 1.20 bits per heavy atom. The highest BCUT2D eigenvalue weighted by molar-refractivity contribution is 5.63. The summed E-state index contributed by atoms with van der Waals surface area (Å²) < 4.78 is 5.42. The van der Waals surface area contributed by atoms with Crippen LogP contribution in [0.15, 0.2) is 6.07 Å². The molecule has 0 bridgehead atoms. The van der Waals surface area contributed by atoms with E-state index in [0.717, 1.165) is 18.5 Å². The number of hydrogen-bond acceptors (Lipinski definition) is 2. The molecule has 0 aliphatic heterocycles. The number of anilines is 1. The van der Waals surface area contributed by atoms with Crippen LogP contribution in [0.5, 0.6) is 0 Å². The molecule has 0 amide bonds. The highest BCUT2D eigenvalue weighted by Gasteiger charge is 2.27. The van der Waals surface area contributed by atoms with Crippen molar-refractivity contribution in [3.63, 3.8) is 0 Å². The average molecular weight is 203 g/mol. The number of hydrogen-bond donors (Lipinski definition) is 1. The van der Waals surface area contributed by atoms with Crippen molar-refractivity contribution in [2.24, 2.45) is 0 Å². The van der Waals surface area contributed by atoms with Gasteiger partial charge in [-0.05, 0) is 47.9 Å². The van der Waals surface area contributed by atoms with Gasteiger partial charge in [0.1, 0.15) is 0 Å². The Labute approximate surface area is 90.4 Å². The van der Waals surface area contributed by atoms with Crippen LogP contribution in [-0.4, -0.2) is 13.2 Å². The van der Waals surface area contributed by atoms with Crippen LogP contribution in [0.25, 0.3) is 0 Å². The molecule has 0 aromatic heterocycles. The number of methoxy groups -OCH3 is 1. The van der Waals surface area contributed by atoms with Gasteiger partial charge in [0.15, 0.2) is 0 Å².